The number of anilines is 3. The highest BCUT2D eigenvalue weighted by Gasteiger charge is 2.28. The standard InChI is InChI=1S/C21H26N6OS/c1-23-15-7-3-4-8-18(15)27(2)19-10-16(14(11-25-19)20(22)28)26-17-12-29-21-13(17)6-5-9-24-21/h5-6,9-12,15,18,23H,3-4,7-8H2,1-2H3,(H2,22,28)(H,25,26). The van der Waals surface area contributed by atoms with Crippen molar-refractivity contribution in [2.45, 2.75) is 37.8 Å². The zero-order valence-corrected chi connectivity index (χ0v) is 17.5. The van der Waals surface area contributed by atoms with E-state index in [1.54, 1.807) is 23.7 Å². The molecule has 29 heavy (non-hydrogen) atoms. The lowest BCUT2D eigenvalue weighted by atomic mass is 9.89. The van der Waals surface area contributed by atoms with E-state index in [0.717, 1.165) is 34.6 Å². The zero-order chi connectivity index (χ0) is 20.4. The van der Waals surface area contributed by atoms with Crippen LogP contribution in [0.25, 0.3) is 10.2 Å². The van der Waals surface area contributed by atoms with E-state index < -0.39 is 5.91 Å². The number of hydrogen-bond acceptors (Lipinski definition) is 7. The highest BCUT2D eigenvalue weighted by atomic mass is 32.1. The summed E-state index contributed by atoms with van der Waals surface area (Å²) in [6.07, 6.45) is 8.08. The molecule has 2 atom stereocenters. The summed E-state index contributed by atoms with van der Waals surface area (Å²) in [5, 5.41) is 9.85. The highest BCUT2D eigenvalue weighted by molar-refractivity contribution is 7.17. The van der Waals surface area contributed by atoms with Crippen molar-refractivity contribution in [2.75, 3.05) is 24.3 Å². The van der Waals surface area contributed by atoms with E-state index in [0.29, 0.717) is 23.3 Å². The van der Waals surface area contributed by atoms with Crippen LogP contribution in [-0.2, 0) is 0 Å². The van der Waals surface area contributed by atoms with E-state index in [1.807, 2.05) is 30.6 Å². The minimum absolute atomic E-state index is 0.361. The Hall–Kier alpha value is -2.71. The van der Waals surface area contributed by atoms with Crippen LogP contribution in [0.2, 0.25) is 0 Å². The molecule has 0 bridgehead atoms. The molecule has 2 unspecified atom stereocenters. The smallest absolute Gasteiger partial charge is 0.252 e. The average Bonchev–Trinajstić information content (AvgIpc) is 3.16. The molecule has 4 N–H and O–H groups in total. The lowest BCUT2D eigenvalue weighted by Crippen LogP contribution is -2.49. The van der Waals surface area contributed by atoms with Crippen LogP contribution in [0.3, 0.4) is 0 Å². The molecule has 1 fully saturated rings. The third kappa shape index (κ3) is 3.90. The van der Waals surface area contributed by atoms with Crippen LogP contribution in [-0.4, -0.2) is 42.1 Å². The number of fused-ring (bicyclic) bond motifs is 1. The molecular weight excluding hydrogens is 384 g/mol. The lowest BCUT2D eigenvalue weighted by Gasteiger charge is -2.38. The van der Waals surface area contributed by atoms with Gasteiger partial charge in [-0.25, -0.2) is 9.97 Å². The van der Waals surface area contributed by atoms with Crippen LogP contribution in [0.1, 0.15) is 36.0 Å². The molecule has 1 aliphatic carbocycles. The van der Waals surface area contributed by atoms with Gasteiger partial charge in [0.1, 0.15) is 10.6 Å². The number of aromatic nitrogens is 2. The summed E-state index contributed by atoms with van der Waals surface area (Å²) in [7, 11) is 4.09. The molecule has 0 radical (unpaired) electrons. The van der Waals surface area contributed by atoms with Gasteiger partial charge in [0.25, 0.3) is 5.91 Å². The number of thiophene rings is 1. The second-order valence-electron chi connectivity index (χ2n) is 7.44. The minimum atomic E-state index is -0.502. The molecule has 1 saturated carbocycles. The third-order valence-electron chi connectivity index (χ3n) is 5.73. The summed E-state index contributed by atoms with van der Waals surface area (Å²) in [4.78, 5) is 24.1. The van der Waals surface area contributed by atoms with E-state index in [-0.39, 0.29) is 0 Å². The second-order valence-corrected chi connectivity index (χ2v) is 8.30. The molecule has 1 amide bonds. The van der Waals surface area contributed by atoms with Gasteiger partial charge in [0.15, 0.2) is 0 Å². The largest absolute Gasteiger partial charge is 0.365 e. The molecule has 0 aromatic carbocycles. The number of nitrogens with one attached hydrogen (secondary N) is 2. The summed E-state index contributed by atoms with van der Waals surface area (Å²) in [6.45, 7) is 0. The van der Waals surface area contributed by atoms with Crippen LogP contribution < -0.4 is 21.3 Å². The van der Waals surface area contributed by atoms with Crippen LogP contribution in [0.4, 0.5) is 17.2 Å². The fraction of sp³-hybridized carbons (Fsp3) is 0.381. The Morgan fingerprint density at radius 2 is 2.10 bits per heavy atom. The van der Waals surface area contributed by atoms with E-state index in [1.165, 1.54) is 12.8 Å². The Morgan fingerprint density at radius 3 is 2.90 bits per heavy atom. The molecule has 4 rings (SSSR count). The van der Waals surface area contributed by atoms with E-state index in [2.05, 4.69) is 32.5 Å². The summed E-state index contributed by atoms with van der Waals surface area (Å²) in [5.41, 5.74) is 7.56. The van der Waals surface area contributed by atoms with Gasteiger partial charge in [-0.2, -0.15) is 0 Å². The number of carbonyl (C=O) groups excluding carboxylic acids is 1. The molecule has 7 nitrogen and oxygen atoms in total. The molecule has 0 aliphatic heterocycles. The first-order valence-corrected chi connectivity index (χ1v) is 10.8. The Bertz CT molecular complexity index is 1020. The monoisotopic (exact) mass is 410 g/mol. The maximum atomic E-state index is 12.0. The molecule has 0 saturated heterocycles. The van der Waals surface area contributed by atoms with Gasteiger partial charge in [-0.1, -0.05) is 12.8 Å². The highest BCUT2D eigenvalue weighted by Crippen LogP contribution is 2.33. The van der Waals surface area contributed by atoms with Gasteiger partial charge >= 0.3 is 0 Å². The SMILES string of the molecule is CNC1CCCCC1N(C)c1cc(Nc2csc3ncccc23)c(C(N)=O)cn1. The van der Waals surface area contributed by atoms with Crippen molar-refractivity contribution in [2.24, 2.45) is 5.73 Å². The Labute approximate surface area is 174 Å². The van der Waals surface area contributed by atoms with E-state index in [9.17, 15) is 4.79 Å². The van der Waals surface area contributed by atoms with Crippen molar-refractivity contribution in [3.05, 3.63) is 41.5 Å². The number of primary amides is 1. The van der Waals surface area contributed by atoms with Gasteiger partial charge in [-0.15, -0.1) is 11.3 Å². The molecule has 152 valence electrons. The van der Waals surface area contributed by atoms with E-state index >= 15 is 0 Å². The van der Waals surface area contributed by atoms with Gasteiger partial charge in [0, 0.05) is 48.4 Å². The number of nitrogens with two attached hydrogens (primary N) is 1. The van der Waals surface area contributed by atoms with E-state index in [4.69, 9.17) is 5.73 Å². The molecule has 3 aromatic heterocycles. The average molecular weight is 411 g/mol. The number of carbonyl (C=O) groups is 1. The Balaban J connectivity index is 1.68. The van der Waals surface area contributed by atoms with Crippen LogP contribution in [0, 0.1) is 0 Å². The zero-order valence-electron chi connectivity index (χ0n) is 16.7. The minimum Gasteiger partial charge on any atom is -0.365 e. The maximum Gasteiger partial charge on any atom is 0.252 e. The fourth-order valence-electron chi connectivity index (χ4n) is 4.13. The summed E-state index contributed by atoms with van der Waals surface area (Å²) in [5.74, 6) is 0.319. The normalized spacial score (nSPS) is 19.2. The van der Waals surface area contributed by atoms with Crippen molar-refractivity contribution in [1.82, 2.24) is 15.3 Å². The number of amides is 1. The van der Waals surface area contributed by atoms with Gasteiger partial charge in [-0.3, -0.25) is 4.79 Å². The summed E-state index contributed by atoms with van der Waals surface area (Å²) < 4.78 is 0. The fourth-order valence-corrected chi connectivity index (χ4v) is 4.97. The number of nitrogens with zero attached hydrogens (tertiary/aromatic N) is 3. The van der Waals surface area contributed by atoms with Gasteiger partial charge in [0.05, 0.1) is 16.9 Å². The van der Waals surface area contributed by atoms with Crippen LogP contribution in [0.15, 0.2) is 36.0 Å². The van der Waals surface area contributed by atoms with Crippen molar-refractivity contribution < 1.29 is 4.79 Å². The van der Waals surface area contributed by atoms with Gasteiger partial charge in [0.2, 0.25) is 0 Å². The number of pyridine rings is 2. The Kier molecular flexibility index (Phi) is 5.64. The lowest BCUT2D eigenvalue weighted by molar-refractivity contribution is 0.100. The third-order valence-corrected chi connectivity index (χ3v) is 6.64. The molecule has 8 heteroatoms. The first-order chi connectivity index (χ1) is 14.1. The Morgan fingerprint density at radius 1 is 1.28 bits per heavy atom. The van der Waals surface area contributed by atoms with Crippen LogP contribution in [0.5, 0.6) is 0 Å². The molecule has 3 heterocycles. The predicted molar refractivity (Wildman–Crippen MR) is 119 cm³/mol. The molecular formula is C21H26N6OS. The van der Waals surface area contributed by atoms with Crippen molar-refractivity contribution in [3.63, 3.8) is 0 Å². The quantitative estimate of drug-likeness (QED) is 0.576. The van der Waals surface area contributed by atoms with Crippen molar-refractivity contribution in [3.8, 4) is 0 Å². The van der Waals surface area contributed by atoms with Gasteiger partial charge in [-0.05, 0) is 32.0 Å². The summed E-state index contributed by atoms with van der Waals surface area (Å²) >= 11 is 1.56. The predicted octanol–water partition coefficient (Wildman–Crippen LogP) is 3.50. The van der Waals surface area contributed by atoms with Crippen molar-refractivity contribution in [1.29, 1.82) is 0 Å². The second kappa shape index (κ2) is 8.34. The van der Waals surface area contributed by atoms with Crippen LogP contribution >= 0.6 is 11.3 Å². The molecule has 1 aliphatic rings. The molecule has 0 spiro atoms. The number of likely N-dealkylation sites (N-methyl/N-ethyl adjacent to an activating group) is 2. The first kappa shape index (κ1) is 19.6. The van der Waals surface area contributed by atoms with Crippen molar-refractivity contribution >= 4 is 44.7 Å². The van der Waals surface area contributed by atoms with Gasteiger partial charge < -0.3 is 21.3 Å². The number of rotatable bonds is 6. The number of hydrogen-bond donors (Lipinski definition) is 3. The maximum absolute atomic E-state index is 12.0. The summed E-state index contributed by atoms with van der Waals surface area (Å²) in [6, 6.07) is 6.62. The molecule has 3 aromatic rings. The topological polar surface area (TPSA) is 96.2 Å². The first-order valence-electron chi connectivity index (χ1n) is 9.87.